The second-order valence-corrected chi connectivity index (χ2v) is 3.77. The molecule has 0 aromatic heterocycles. The molecule has 0 bridgehead atoms. The Kier molecular flexibility index (Phi) is 4.24. The second-order valence-electron chi connectivity index (χ2n) is 3.46. The van der Waals surface area contributed by atoms with E-state index in [2.05, 4.69) is 11.8 Å². The Morgan fingerprint density at radius 3 is 2.91 bits per heavy atom. The average Bonchev–Trinajstić information content (AvgIpc) is 2.48. The SMILES string of the molecule is CCCCN1CCC(CCl)C1. The lowest BCUT2D eigenvalue weighted by Crippen LogP contribution is -2.21. The molecule has 1 saturated heterocycles. The van der Waals surface area contributed by atoms with Crippen molar-refractivity contribution in [3.05, 3.63) is 0 Å². The summed E-state index contributed by atoms with van der Waals surface area (Å²) in [6, 6.07) is 0. The number of rotatable bonds is 4. The van der Waals surface area contributed by atoms with Crippen molar-refractivity contribution in [1.29, 1.82) is 0 Å². The first-order valence-corrected chi connectivity index (χ1v) is 5.18. The third kappa shape index (κ3) is 3.00. The lowest BCUT2D eigenvalue weighted by Gasteiger charge is -2.13. The molecule has 1 aliphatic rings. The van der Waals surface area contributed by atoms with E-state index in [1.807, 2.05) is 0 Å². The molecule has 1 heterocycles. The molecule has 1 rings (SSSR count). The van der Waals surface area contributed by atoms with E-state index in [0.717, 1.165) is 11.8 Å². The molecule has 0 aromatic carbocycles. The number of likely N-dealkylation sites (tertiary alicyclic amines) is 1. The van der Waals surface area contributed by atoms with Crippen LogP contribution in [0.15, 0.2) is 0 Å². The minimum Gasteiger partial charge on any atom is -0.303 e. The van der Waals surface area contributed by atoms with Gasteiger partial charge in [-0.15, -0.1) is 11.6 Å². The van der Waals surface area contributed by atoms with Crippen LogP contribution in [-0.2, 0) is 0 Å². The minimum absolute atomic E-state index is 0.772. The maximum Gasteiger partial charge on any atom is 0.0264 e. The van der Waals surface area contributed by atoms with Crippen LogP contribution in [0.1, 0.15) is 26.2 Å². The lowest BCUT2D eigenvalue weighted by atomic mass is 10.2. The number of nitrogens with zero attached hydrogens (tertiary/aromatic N) is 1. The van der Waals surface area contributed by atoms with Crippen molar-refractivity contribution in [2.24, 2.45) is 5.92 Å². The summed E-state index contributed by atoms with van der Waals surface area (Å²) in [5.74, 6) is 1.62. The third-order valence-electron chi connectivity index (χ3n) is 2.42. The van der Waals surface area contributed by atoms with Crippen LogP contribution in [-0.4, -0.2) is 30.4 Å². The number of hydrogen-bond acceptors (Lipinski definition) is 1. The molecule has 2 heteroatoms. The number of alkyl halides is 1. The van der Waals surface area contributed by atoms with Gasteiger partial charge in [-0.25, -0.2) is 0 Å². The fraction of sp³-hybridized carbons (Fsp3) is 1.00. The van der Waals surface area contributed by atoms with E-state index < -0.39 is 0 Å². The Bertz CT molecular complexity index is 106. The van der Waals surface area contributed by atoms with Crippen molar-refractivity contribution in [3.63, 3.8) is 0 Å². The molecule has 0 N–H and O–H groups in total. The van der Waals surface area contributed by atoms with E-state index in [4.69, 9.17) is 11.6 Å². The predicted molar refractivity (Wildman–Crippen MR) is 50.2 cm³/mol. The maximum absolute atomic E-state index is 5.78. The number of halogens is 1. The van der Waals surface area contributed by atoms with E-state index in [1.54, 1.807) is 0 Å². The Morgan fingerprint density at radius 1 is 1.55 bits per heavy atom. The van der Waals surface area contributed by atoms with Gasteiger partial charge >= 0.3 is 0 Å². The molecule has 0 spiro atoms. The highest BCUT2D eigenvalue weighted by Crippen LogP contribution is 2.17. The standard InChI is InChI=1S/C9H18ClN/c1-2-3-5-11-6-4-9(7-10)8-11/h9H,2-8H2,1H3. The van der Waals surface area contributed by atoms with Crippen LogP contribution in [0, 0.1) is 5.92 Å². The monoisotopic (exact) mass is 175 g/mol. The summed E-state index contributed by atoms with van der Waals surface area (Å²) in [5, 5.41) is 0. The molecule has 0 aromatic rings. The molecule has 11 heavy (non-hydrogen) atoms. The van der Waals surface area contributed by atoms with Gasteiger partial charge in [-0.05, 0) is 31.8 Å². The van der Waals surface area contributed by atoms with E-state index in [-0.39, 0.29) is 0 Å². The molecule has 0 aliphatic carbocycles. The highest BCUT2D eigenvalue weighted by Gasteiger charge is 2.20. The summed E-state index contributed by atoms with van der Waals surface area (Å²) >= 11 is 5.78. The van der Waals surface area contributed by atoms with Crippen molar-refractivity contribution in [3.8, 4) is 0 Å². The van der Waals surface area contributed by atoms with Crippen LogP contribution in [0.25, 0.3) is 0 Å². The molecule has 0 saturated carbocycles. The quantitative estimate of drug-likeness (QED) is 0.593. The van der Waals surface area contributed by atoms with E-state index in [0.29, 0.717) is 0 Å². The van der Waals surface area contributed by atoms with Gasteiger partial charge < -0.3 is 4.90 Å². The zero-order valence-electron chi connectivity index (χ0n) is 7.35. The normalized spacial score (nSPS) is 26.2. The van der Waals surface area contributed by atoms with Gasteiger partial charge in [0.2, 0.25) is 0 Å². The molecule has 1 nitrogen and oxygen atoms in total. The van der Waals surface area contributed by atoms with Crippen LogP contribution in [0.5, 0.6) is 0 Å². The molecular weight excluding hydrogens is 158 g/mol. The highest BCUT2D eigenvalue weighted by atomic mass is 35.5. The first-order chi connectivity index (χ1) is 5.36. The zero-order valence-corrected chi connectivity index (χ0v) is 8.11. The van der Waals surface area contributed by atoms with Gasteiger partial charge in [0.25, 0.3) is 0 Å². The van der Waals surface area contributed by atoms with Crippen molar-refractivity contribution in [2.45, 2.75) is 26.2 Å². The fourth-order valence-electron chi connectivity index (χ4n) is 1.62. The van der Waals surface area contributed by atoms with Crippen molar-refractivity contribution in [2.75, 3.05) is 25.5 Å². The Labute approximate surface area is 74.7 Å². The van der Waals surface area contributed by atoms with Crippen molar-refractivity contribution < 1.29 is 0 Å². The second kappa shape index (κ2) is 5.00. The van der Waals surface area contributed by atoms with Gasteiger partial charge in [-0.2, -0.15) is 0 Å². The Hall–Kier alpha value is 0.250. The van der Waals surface area contributed by atoms with E-state index >= 15 is 0 Å². The van der Waals surface area contributed by atoms with Gasteiger partial charge in [-0.3, -0.25) is 0 Å². The molecule has 1 unspecified atom stereocenters. The number of hydrogen-bond donors (Lipinski definition) is 0. The smallest absolute Gasteiger partial charge is 0.0264 e. The minimum atomic E-state index is 0.772. The van der Waals surface area contributed by atoms with E-state index in [1.165, 1.54) is 38.9 Å². The van der Waals surface area contributed by atoms with Gasteiger partial charge in [0, 0.05) is 12.4 Å². The molecule has 1 aliphatic heterocycles. The molecule has 1 atom stereocenters. The summed E-state index contributed by atoms with van der Waals surface area (Å²) in [4.78, 5) is 2.54. The van der Waals surface area contributed by atoms with Crippen LogP contribution in [0.2, 0.25) is 0 Å². The summed E-state index contributed by atoms with van der Waals surface area (Å²) in [6.45, 7) is 6.04. The molecular formula is C9H18ClN. The van der Waals surface area contributed by atoms with E-state index in [9.17, 15) is 0 Å². The Morgan fingerprint density at radius 2 is 2.36 bits per heavy atom. The highest BCUT2D eigenvalue weighted by molar-refractivity contribution is 6.18. The van der Waals surface area contributed by atoms with Crippen molar-refractivity contribution in [1.82, 2.24) is 4.90 Å². The first-order valence-electron chi connectivity index (χ1n) is 4.65. The van der Waals surface area contributed by atoms with Crippen LogP contribution in [0.3, 0.4) is 0 Å². The van der Waals surface area contributed by atoms with Gasteiger partial charge in [0.15, 0.2) is 0 Å². The molecule has 0 radical (unpaired) electrons. The zero-order chi connectivity index (χ0) is 8.10. The summed E-state index contributed by atoms with van der Waals surface area (Å²) in [5.41, 5.74) is 0. The summed E-state index contributed by atoms with van der Waals surface area (Å²) < 4.78 is 0. The topological polar surface area (TPSA) is 3.24 Å². The largest absolute Gasteiger partial charge is 0.303 e. The van der Waals surface area contributed by atoms with Gasteiger partial charge in [0.05, 0.1) is 0 Å². The maximum atomic E-state index is 5.78. The van der Waals surface area contributed by atoms with Crippen molar-refractivity contribution >= 4 is 11.6 Å². The summed E-state index contributed by atoms with van der Waals surface area (Å²) in [6.07, 6.45) is 3.96. The van der Waals surface area contributed by atoms with Gasteiger partial charge in [0.1, 0.15) is 0 Å². The van der Waals surface area contributed by atoms with Crippen LogP contribution in [0.4, 0.5) is 0 Å². The summed E-state index contributed by atoms with van der Waals surface area (Å²) in [7, 11) is 0. The third-order valence-corrected chi connectivity index (χ3v) is 2.85. The lowest BCUT2D eigenvalue weighted by molar-refractivity contribution is 0.322. The molecule has 1 fully saturated rings. The number of unbranched alkanes of at least 4 members (excludes halogenated alkanes) is 1. The molecule has 66 valence electrons. The fourth-order valence-corrected chi connectivity index (χ4v) is 1.88. The average molecular weight is 176 g/mol. The van der Waals surface area contributed by atoms with Crippen LogP contribution < -0.4 is 0 Å². The predicted octanol–water partition coefficient (Wildman–Crippen LogP) is 2.35. The first kappa shape index (κ1) is 9.34. The van der Waals surface area contributed by atoms with Gasteiger partial charge in [-0.1, -0.05) is 13.3 Å². The molecule has 0 amide bonds. The van der Waals surface area contributed by atoms with Crippen LogP contribution >= 0.6 is 11.6 Å². The Balaban J connectivity index is 2.09.